The van der Waals surface area contributed by atoms with E-state index in [1.54, 1.807) is 19.1 Å². The molecule has 2 aromatic rings. The van der Waals surface area contributed by atoms with Crippen molar-refractivity contribution in [2.45, 2.75) is 18.4 Å². The molecule has 0 bridgehead atoms. The van der Waals surface area contributed by atoms with Crippen LogP contribution in [0, 0.1) is 0 Å². The number of benzene rings is 2. The smallest absolute Gasteiger partial charge is 0.255 e. The molecule has 6 nitrogen and oxygen atoms in total. The second-order valence-electron chi connectivity index (χ2n) is 5.28. The van der Waals surface area contributed by atoms with Gasteiger partial charge in [0, 0.05) is 23.1 Å². The highest BCUT2D eigenvalue weighted by molar-refractivity contribution is 7.89. The molecule has 26 heavy (non-hydrogen) atoms. The van der Waals surface area contributed by atoms with Crippen molar-refractivity contribution in [3.63, 3.8) is 0 Å². The molecule has 0 aliphatic rings. The van der Waals surface area contributed by atoms with Crippen molar-refractivity contribution >= 4 is 39.1 Å². The van der Waals surface area contributed by atoms with E-state index < -0.39 is 15.9 Å². The van der Waals surface area contributed by atoms with E-state index in [-0.39, 0.29) is 22.8 Å². The SMILES string of the molecule is CCNC(=O)c1cc(S(=O)(=O)NCc2ccc(Cl)cc2Cl)ccc1OC. The minimum absolute atomic E-state index is 0.0130. The van der Waals surface area contributed by atoms with Crippen molar-refractivity contribution in [1.29, 1.82) is 0 Å². The van der Waals surface area contributed by atoms with Crippen LogP contribution in [-0.2, 0) is 16.6 Å². The summed E-state index contributed by atoms with van der Waals surface area (Å²) in [6, 6.07) is 8.88. The monoisotopic (exact) mass is 416 g/mol. The highest BCUT2D eigenvalue weighted by Crippen LogP contribution is 2.24. The summed E-state index contributed by atoms with van der Waals surface area (Å²) >= 11 is 11.9. The van der Waals surface area contributed by atoms with Crippen molar-refractivity contribution in [2.24, 2.45) is 0 Å². The van der Waals surface area contributed by atoms with Gasteiger partial charge in [0.15, 0.2) is 0 Å². The van der Waals surface area contributed by atoms with Crippen LogP contribution in [0.25, 0.3) is 0 Å². The predicted molar refractivity (Wildman–Crippen MR) is 101 cm³/mol. The fourth-order valence-corrected chi connectivity index (χ4v) is 3.72. The maximum atomic E-state index is 12.6. The van der Waals surface area contributed by atoms with E-state index in [4.69, 9.17) is 27.9 Å². The van der Waals surface area contributed by atoms with Gasteiger partial charge in [-0.1, -0.05) is 29.3 Å². The molecule has 0 spiro atoms. The number of ether oxygens (including phenoxy) is 1. The molecule has 0 radical (unpaired) electrons. The van der Waals surface area contributed by atoms with Crippen molar-refractivity contribution < 1.29 is 17.9 Å². The minimum atomic E-state index is -3.86. The second-order valence-corrected chi connectivity index (χ2v) is 7.89. The molecule has 0 aromatic heterocycles. The van der Waals surface area contributed by atoms with E-state index >= 15 is 0 Å². The van der Waals surface area contributed by atoms with Gasteiger partial charge in [-0.25, -0.2) is 13.1 Å². The molecular formula is C17H18Cl2N2O4S. The molecule has 1 amide bonds. The van der Waals surface area contributed by atoms with Crippen LogP contribution in [0.3, 0.4) is 0 Å². The Labute approximate surface area is 162 Å². The second kappa shape index (κ2) is 8.73. The Morgan fingerprint density at radius 1 is 1.15 bits per heavy atom. The van der Waals surface area contributed by atoms with Crippen LogP contribution in [0.1, 0.15) is 22.8 Å². The molecule has 0 saturated heterocycles. The number of nitrogens with one attached hydrogen (secondary N) is 2. The van der Waals surface area contributed by atoms with E-state index in [9.17, 15) is 13.2 Å². The van der Waals surface area contributed by atoms with Crippen LogP contribution in [-0.4, -0.2) is 28.0 Å². The first-order chi connectivity index (χ1) is 12.3. The van der Waals surface area contributed by atoms with Crippen molar-refractivity contribution in [2.75, 3.05) is 13.7 Å². The maximum absolute atomic E-state index is 12.6. The van der Waals surface area contributed by atoms with Crippen LogP contribution in [0.15, 0.2) is 41.3 Å². The summed E-state index contributed by atoms with van der Waals surface area (Å²) in [7, 11) is -2.45. The third kappa shape index (κ3) is 4.88. The van der Waals surface area contributed by atoms with Gasteiger partial charge in [-0.05, 0) is 42.8 Å². The summed E-state index contributed by atoms with van der Waals surface area (Å²) in [5.74, 6) is -0.127. The Balaban J connectivity index is 2.27. The molecule has 2 N–H and O–H groups in total. The van der Waals surface area contributed by atoms with E-state index in [0.29, 0.717) is 22.2 Å². The lowest BCUT2D eigenvalue weighted by atomic mass is 10.2. The first-order valence-corrected chi connectivity index (χ1v) is 9.92. The van der Waals surface area contributed by atoms with E-state index in [1.165, 1.54) is 31.4 Å². The molecule has 9 heteroatoms. The number of sulfonamides is 1. The predicted octanol–water partition coefficient (Wildman–Crippen LogP) is 3.23. The number of rotatable bonds is 7. The van der Waals surface area contributed by atoms with Crippen LogP contribution < -0.4 is 14.8 Å². The molecule has 0 aliphatic carbocycles. The normalized spacial score (nSPS) is 11.2. The van der Waals surface area contributed by atoms with Crippen LogP contribution in [0.4, 0.5) is 0 Å². The Kier molecular flexibility index (Phi) is 6.88. The number of amides is 1. The van der Waals surface area contributed by atoms with Crippen LogP contribution in [0.2, 0.25) is 10.0 Å². The highest BCUT2D eigenvalue weighted by Gasteiger charge is 2.20. The summed E-state index contributed by atoms with van der Waals surface area (Å²) < 4.78 is 32.7. The summed E-state index contributed by atoms with van der Waals surface area (Å²) in [4.78, 5) is 12.1. The largest absolute Gasteiger partial charge is 0.496 e. The topological polar surface area (TPSA) is 84.5 Å². The molecule has 140 valence electrons. The van der Waals surface area contributed by atoms with Gasteiger partial charge in [-0.3, -0.25) is 4.79 Å². The quantitative estimate of drug-likeness (QED) is 0.725. The van der Waals surface area contributed by atoms with Crippen molar-refractivity contribution in [3.05, 3.63) is 57.6 Å². The number of carbonyl (C=O) groups excluding carboxylic acids is 1. The fraction of sp³-hybridized carbons (Fsp3) is 0.235. The van der Waals surface area contributed by atoms with Crippen LogP contribution in [0.5, 0.6) is 5.75 Å². The van der Waals surface area contributed by atoms with Gasteiger partial charge in [0.2, 0.25) is 10.0 Å². The van der Waals surface area contributed by atoms with Crippen LogP contribution >= 0.6 is 23.2 Å². The average molecular weight is 417 g/mol. The third-order valence-electron chi connectivity index (χ3n) is 3.53. The van der Waals surface area contributed by atoms with Gasteiger partial charge >= 0.3 is 0 Å². The first-order valence-electron chi connectivity index (χ1n) is 7.68. The average Bonchev–Trinajstić information content (AvgIpc) is 2.60. The highest BCUT2D eigenvalue weighted by atomic mass is 35.5. The Morgan fingerprint density at radius 3 is 2.50 bits per heavy atom. The molecule has 0 atom stereocenters. The maximum Gasteiger partial charge on any atom is 0.255 e. The zero-order chi connectivity index (χ0) is 19.3. The lowest BCUT2D eigenvalue weighted by Gasteiger charge is -2.12. The van der Waals surface area contributed by atoms with E-state index in [1.807, 2.05) is 0 Å². The standard InChI is InChI=1S/C17H18Cl2N2O4S/c1-3-20-17(22)14-9-13(6-7-16(14)25-2)26(23,24)21-10-11-4-5-12(18)8-15(11)19/h4-9,21H,3,10H2,1-2H3,(H,20,22). The molecule has 0 fully saturated rings. The fourth-order valence-electron chi connectivity index (χ4n) is 2.21. The van der Waals surface area contributed by atoms with Gasteiger partial charge in [0.1, 0.15) is 5.75 Å². The number of methoxy groups -OCH3 is 1. The molecule has 0 heterocycles. The lowest BCUT2D eigenvalue weighted by Crippen LogP contribution is -2.26. The molecule has 0 aliphatic heterocycles. The van der Waals surface area contributed by atoms with Gasteiger partial charge in [-0.15, -0.1) is 0 Å². The molecule has 2 rings (SSSR count). The molecule has 0 unspecified atom stereocenters. The summed E-state index contributed by atoms with van der Waals surface area (Å²) in [5, 5.41) is 3.44. The summed E-state index contributed by atoms with van der Waals surface area (Å²) in [6.07, 6.45) is 0. The number of hydrogen-bond acceptors (Lipinski definition) is 4. The summed E-state index contributed by atoms with van der Waals surface area (Å²) in [5.41, 5.74) is 0.721. The van der Waals surface area contributed by atoms with Gasteiger partial charge in [0.05, 0.1) is 17.6 Å². The lowest BCUT2D eigenvalue weighted by molar-refractivity contribution is 0.0952. The Hall–Kier alpha value is -1.80. The van der Waals surface area contributed by atoms with E-state index in [2.05, 4.69) is 10.0 Å². The van der Waals surface area contributed by atoms with Crippen molar-refractivity contribution in [3.8, 4) is 5.75 Å². The number of halogens is 2. The zero-order valence-electron chi connectivity index (χ0n) is 14.2. The first kappa shape index (κ1) is 20.5. The molecule has 0 saturated carbocycles. The molecule has 2 aromatic carbocycles. The third-order valence-corrected chi connectivity index (χ3v) is 5.52. The Bertz CT molecular complexity index is 917. The van der Waals surface area contributed by atoms with E-state index in [0.717, 1.165) is 0 Å². The number of carbonyl (C=O) groups is 1. The summed E-state index contributed by atoms with van der Waals surface area (Å²) in [6.45, 7) is 2.16. The van der Waals surface area contributed by atoms with Gasteiger partial charge in [0.25, 0.3) is 5.91 Å². The van der Waals surface area contributed by atoms with Gasteiger partial charge in [-0.2, -0.15) is 0 Å². The molecular weight excluding hydrogens is 399 g/mol. The number of hydrogen-bond donors (Lipinski definition) is 2. The zero-order valence-corrected chi connectivity index (χ0v) is 16.5. The Morgan fingerprint density at radius 2 is 1.88 bits per heavy atom. The van der Waals surface area contributed by atoms with Gasteiger partial charge < -0.3 is 10.1 Å². The van der Waals surface area contributed by atoms with Crippen molar-refractivity contribution in [1.82, 2.24) is 10.0 Å². The minimum Gasteiger partial charge on any atom is -0.496 e.